The summed E-state index contributed by atoms with van der Waals surface area (Å²) in [7, 11) is 0. The lowest BCUT2D eigenvalue weighted by Gasteiger charge is -2.31. The van der Waals surface area contributed by atoms with E-state index in [2.05, 4.69) is 26.3 Å². The molecule has 9 heteroatoms. The van der Waals surface area contributed by atoms with Crippen LogP contribution < -0.4 is 15.8 Å². The van der Waals surface area contributed by atoms with Gasteiger partial charge in [-0.2, -0.15) is 5.10 Å². The van der Waals surface area contributed by atoms with Gasteiger partial charge in [0.2, 0.25) is 0 Å². The Kier molecular flexibility index (Phi) is 6.20. The number of nitrogen functional groups attached to an aromatic ring is 1. The number of hydrogen-bond donors (Lipinski definition) is 2. The van der Waals surface area contributed by atoms with Gasteiger partial charge in [-0.25, -0.2) is 9.37 Å². The molecule has 3 aromatic rings. The van der Waals surface area contributed by atoms with Crippen LogP contribution in [0.2, 0.25) is 10.0 Å². The number of halogens is 3. The summed E-state index contributed by atoms with van der Waals surface area (Å²) in [5, 5.41) is 8.42. The summed E-state index contributed by atoms with van der Waals surface area (Å²) >= 11 is 12.4. The third-order valence-corrected chi connectivity index (χ3v) is 7.62. The second-order valence-corrected chi connectivity index (χ2v) is 9.76. The normalized spacial score (nSPS) is 23.3. The van der Waals surface area contributed by atoms with Crippen molar-refractivity contribution >= 4 is 29.0 Å². The van der Waals surface area contributed by atoms with E-state index in [4.69, 9.17) is 33.7 Å². The minimum Gasteiger partial charge on any atom is -0.482 e. The van der Waals surface area contributed by atoms with Crippen LogP contribution in [0.25, 0.3) is 11.1 Å². The maximum atomic E-state index is 14.0. The van der Waals surface area contributed by atoms with E-state index in [0.717, 1.165) is 48.9 Å². The quantitative estimate of drug-likeness (QED) is 0.451. The van der Waals surface area contributed by atoms with Crippen molar-refractivity contribution < 1.29 is 9.13 Å². The molecule has 3 heterocycles. The van der Waals surface area contributed by atoms with Crippen LogP contribution >= 0.6 is 23.2 Å². The molecule has 174 valence electrons. The van der Waals surface area contributed by atoms with Crippen LogP contribution in [0.1, 0.15) is 43.9 Å². The molecule has 1 aliphatic heterocycles. The highest BCUT2D eigenvalue weighted by Gasteiger charge is 2.34. The van der Waals surface area contributed by atoms with Gasteiger partial charge in [0.1, 0.15) is 11.9 Å². The third-order valence-electron chi connectivity index (χ3n) is 6.91. The lowest BCUT2D eigenvalue weighted by Crippen LogP contribution is -2.25. The van der Waals surface area contributed by atoms with Crippen LogP contribution in [0.5, 0.6) is 5.75 Å². The average molecular weight is 490 g/mol. The molecule has 2 aromatic heterocycles. The molecule has 3 N–H and O–H groups in total. The Bertz CT molecular complexity index is 1170. The van der Waals surface area contributed by atoms with Crippen molar-refractivity contribution in [2.45, 2.75) is 38.3 Å². The highest BCUT2D eigenvalue weighted by atomic mass is 35.5. The van der Waals surface area contributed by atoms with Crippen LogP contribution in [0, 0.1) is 17.7 Å². The SMILES string of the molecule is CC(Oc1cc(-c2cnn(C3CCC4CNCC4C3)c2)cnc1N)c1c(Cl)ccc(F)c1Cl. The number of nitrogens with zero attached hydrogens (tertiary/aromatic N) is 3. The molecule has 2 aliphatic rings. The standard InChI is InChI=1S/C24H26Cl2FN5O/c1-13(22-19(25)4-5-20(27)23(22)26)33-21-7-16(10-30-24(21)28)17-11-31-32(12-17)18-3-2-14-8-29-9-15(14)6-18/h4-5,7,10-15,18,29H,2-3,6,8-9H2,1H3,(H2,28,30). The highest BCUT2D eigenvalue weighted by molar-refractivity contribution is 6.36. The Balaban J connectivity index is 1.36. The third kappa shape index (κ3) is 4.42. The summed E-state index contributed by atoms with van der Waals surface area (Å²) in [6.07, 6.45) is 8.52. The molecule has 2 fully saturated rings. The van der Waals surface area contributed by atoms with E-state index in [1.54, 1.807) is 13.1 Å². The van der Waals surface area contributed by atoms with Crippen molar-refractivity contribution in [1.82, 2.24) is 20.1 Å². The van der Waals surface area contributed by atoms with Crippen LogP contribution in [0.3, 0.4) is 0 Å². The summed E-state index contributed by atoms with van der Waals surface area (Å²) < 4.78 is 22.1. The van der Waals surface area contributed by atoms with E-state index in [-0.39, 0.29) is 10.8 Å². The smallest absolute Gasteiger partial charge is 0.166 e. The van der Waals surface area contributed by atoms with Gasteiger partial charge in [-0.15, -0.1) is 0 Å². The molecule has 1 aliphatic carbocycles. The van der Waals surface area contributed by atoms with Gasteiger partial charge in [0, 0.05) is 34.1 Å². The molecule has 0 amide bonds. The van der Waals surface area contributed by atoms with Crippen LogP contribution in [-0.2, 0) is 0 Å². The molecule has 4 atom stereocenters. The highest BCUT2D eigenvalue weighted by Crippen LogP contribution is 2.40. The van der Waals surface area contributed by atoms with Crippen molar-refractivity contribution in [2.24, 2.45) is 11.8 Å². The number of nitrogens with two attached hydrogens (primary N) is 1. The lowest BCUT2D eigenvalue weighted by atomic mass is 9.79. The number of ether oxygens (including phenoxy) is 1. The first-order valence-electron chi connectivity index (χ1n) is 11.2. The zero-order chi connectivity index (χ0) is 23.1. The summed E-state index contributed by atoms with van der Waals surface area (Å²) in [6, 6.07) is 4.92. The average Bonchev–Trinajstić information content (AvgIpc) is 3.47. The maximum absolute atomic E-state index is 14.0. The maximum Gasteiger partial charge on any atom is 0.166 e. The van der Waals surface area contributed by atoms with Crippen LogP contribution in [0.4, 0.5) is 10.2 Å². The van der Waals surface area contributed by atoms with Crippen molar-refractivity contribution in [2.75, 3.05) is 18.8 Å². The van der Waals surface area contributed by atoms with Gasteiger partial charge < -0.3 is 15.8 Å². The second-order valence-electron chi connectivity index (χ2n) is 8.98. The molecule has 6 nitrogen and oxygen atoms in total. The Labute approximate surface area is 202 Å². The van der Waals surface area contributed by atoms with Crippen molar-refractivity contribution in [3.8, 4) is 16.9 Å². The number of anilines is 1. The lowest BCUT2D eigenvalue weighted by molar-refractivity contribution is 0.215. The molecule has 1 saturated carbocycles. The predicted octanol–water partition coefficient (Wildman–Crippen LogP) is 5.67. The molecule has 5 rings (SSSR count). The van der Waals surface area contributed by atoms with E-state index >= 15 is 0 Å². The number of hydrogen-bond acceptors (Lipinski definition) is 5. The Morgan fingerprint density at radius 3 is 2.85 bits per heavy atom. The van der Waals surface area contributed by atoms with Gasteiger partial charge in [0.15, 0.2) is 11.6 Å². The Morgan fingerprint density at radius 1 is 1.18 bits per heavy atom. The minimum absolute atomic E-state index is 0.0638. The van der Waals surface area contributed by atoms with E-state index in [1.165, 1.54) is 18.6 Å². The topological polar surface area (TPSA) is 78.0 Å². The summed E-state index contributed by atoms with van der Waals surface area (Å²) in [5.41, 5.74) is 8.21. The van der Waals surface area contributed by atoms with Gasteiger partial charge in [-0.3, -0.25) is 4.68 Å². The molecule has 0 radical (unpaired) electrons. The molecule has 1 aromatic carbocycles. The first-order valence-corrected chi connectivity index (χ1v) is 12.0. The zero-order valence-electron chi connectivity index (χ0n) is 18.3. The fourth-order valence-corrected chi connectivity index (χ4v) is 5.75. The molecule has 4 unspecified atom stereocenters. The van der Waals surface area contributed by atoms with E-state index in [0.29, 0.717) is 22.4 Å². The number of fused-ring (bicyclic) bond motifs is 1. The van der Waals surface area contributed by atoms with Crippen LogP contribution in [-0.4, -0.2) is 27.9 Å². The second kappa shape index (κ2) is 9.12. The number of aromatic nitrogens is 3. The van der Waals surface area contributed by atoms with Crippen molar-refractivity contribution in [3.63, 3.8) is 0 Å². The fraction of sp³-hybridized carbons (Fsp3) is 0.417. The largest absolute Gasteiger partial charge is 0.482 e. The van der Waals surface area contributed by atoms with Gasteiger partial charge >= 0.3 is 0 Å². The molecule has 0 bridgehead atoms. The molecular weight excluding hydrogens is 464 g/mol. The Hall–Kier alpha value is -2.35. The minimum atomic E-state index is -0.627. The fourth-order valence-electron chi connectivity index (χ4n) is 5.07. The monoisotopic (exact) mass is 489 g/mol. The van der Waals surface area contributed by atoms with Crippen LogP contribution in [0.15, 0.2) is 36.8 Å². The summed E-state index contributed by atoms with van der Waals surface area (Å²) in [6.45, 7) is 3.99. The number of pyridine rings is 1. The summed E-state index contributed by atoms with van der Waals surface area (Å²) in [5.74, 6) is 1.59. The summed E-state index contributed by atoms with van der Waals surface area (Å²) in [4.78, 5) is 4.30. The van der Waals surface area contributed by atoms with E-state index in [9.17, 15) is 4.39 Å². The Morgan fingerprint density at radius 2 is 2.00 bits per heavy atom. The van der Waals surface area contributed by atoms with Crippen molar-refractivity contribution in [3.05, 3.63) is 58.2 Å². The molecule has 0 spiro atoms. The number of rotatable bonds is 5. The first kappa shape index (κ1) is 22.4. The first-order chi connectivity index (χ1) is 15.9. The van der Waals surface area contributed by atoms with Gasteiger partial charge in [0.25, 0.3) is 0 Å². The van der Waals surface area contributed by atoms with Gasteiger partial charge in [-0.1, -0.05) is 23.2 Å². The molecular formula is C24H26Cl2FN5O. The van der Waals surface area contributed by atoms with Crippen molar-refractivity contribution in [1.29, 1.82) is 0 Å². The van der Waals surface area contributed by atoms with E-state index < -0.39 is 11.9 Å². The van der Waals surface area contributed by atoms with E-state index in [1.807, 2.05) is 12.3 Å². The number of benzene rings is 1. The predicted molar refractivity (Wildman–Crippen MR) is 128 cm³/mol. The van der Waals surface area contributed by atoms with Gasteiger partial charge in [-0.05, 0) is 69.3 Å². The molecule has 33 heavy (non-hydrogen) atoms. The zero-order valence-corrected chi connectivity index (χ0v) is 19.8. The number of nitrogens with one attached hydrogen (secondary N) is 1. The molecule has 1 saturated heterocycles. The van der Waals surface area contributed by atoms with Gasteiger partial charge in [0.05, 0.1) is 17.3 Å².